The van der Waals surface area contributed by atoms with Gasteiger partial charge in [0.05, 0.1) is 17.0 Å². The molecule has 1 unspecified atom stereocenters. The van der Waals surface area contributed by atoms with Crippen molar-refractivity contribution in [1.82, 2.24) is 15.0 Å². The van der Waals surface area contributed by atoms with Gasteiger partial charge in [0.15, 0.2) is 0 Å². The lowest BCUT2D eigenvalue weighted by Gasteiger charge is -2.16. The molecule has 1 aromatic carbocycles. The molecule has 3 aromatic rings. The average molecular weight is 389 g/mol. The number of aromatic nitrogens is 2. The van der Waals surface area contributed by atoms with Crippen LogP contribution in [0.5, 0.6) is 0 Å². The molecule has 0 N–H and O–H groups in total. The number of likely N-dealkylation sites (tertiary alicyclic amines) is 1. The van der Waals surface area contributed by atoms with Crippen molar-refractivity contribution >= 4 is 5.91 Å². The van der Waals surface area contributed by atoms with Crippen molar-refractivity contribution in [2.24, 2.45) is 5.92 Å². The van der Waals surface area contributed by atoms with Crippen molar-refractivity contribution < 1.29 is 9.32 Å². The molecule has 0 radical (unpaired) electrons. The van der Waals surface area contributed by atoms with E-state index in [1.807, 2.05) is 49.1 Å². The second-order valence-corrected chi connectivity index (χ2v) is 7.90. The Balaban J connectivity index is 1.34. The number of amides is 1. The Kier molecular flexibility index (Phi) is 5.74. The summed E-state index contributed by atoms with van der Waals surface area (Å²) in [6.07, 6.45) is 3.31. The molecule has 0 saturated carbocycles. The lowest BCUT2D eigenvalue weighted by Crippen LogP contribution is -2.29. The van der Waals surface area contributed by atoms with Crippen molar-refractivity contribution in [3.63, 3.8) is 0 Å². The van der Waals surface area contributed by atoms with Gasteiger partial charge in [0.1, 0.15) is 5.76 Å². The molecule has 0 aliphatic carbocycles. The van der Waals surface area contributed by atoms with E-state index in [1.54, 1.807) is 0 Å². The topological polar surface area (TPSA) is 59.2 Å². The van der Waals surface area contributed by atoms with Gasteiger partial charge in [0.25, 0.3) is 0 Å². The quantitative estimate of drug-likeness (QED) is 0.628. The summed E-state index contributed by atoms with van der Waals surface area (Å²) in [4.78, 5) is 19.5. The summed E-state index contributed by atoms with van der Waals surface area (Å²) in [5.41, 5.74) is 5.04. The molecule has 150 valence electrons. The number of benzene rings is 1. The van der Waals surface area contributed by atoms with Gasteiger partial charge < -0.3 is 9.42 Å². The first-order chi connectivity index (χ1) is 14.1. The maximum Gasteiger partial charge on any atom is 0.222 e. The molecule has 1 saturated heterocycles. The fraction of sp³-hybridized carbons (Fsp3) is 0.375. The Labute approximate surface area is 171 Å². The highest BCUT2D eigenvalue weighted by atomic mass is 16.5. The summed E-state index contributed by atoms with van der Waals surface area (Å²) in [5, 5.41) is 4.03. The molecule has 1 fully saturated rings. The predicted molar refractivity (Wildman–Crippen MR) is 112 cm³/mol. The summed E-state index contributed by atoms with van der Waals surface area (Å²) in [6, 6.07) is 16.3. The van der Waals surface area contributed by atoms with Gasteiger partial charge in [-0.25, -0.2) is 0 Å². The maximum absolute atomic E-state index is 12.6. The Morgan fingerprint density at radius 3 is 2.72 bits per heavy atom. The van der Waals surface area contributed by atoms with Crippen molar-refractivity contribution in [3.05, 3.63) is 71.2 Å². The second-order valence-electron chi connectivity index (χ2n) is 7.90. The first-order valence-corrected chi connectivity index (χ1v) is 10.3. The van der Waals surface area contributed by atoms with Crippen LogP contribution in [-0.4, -0.2) is 34.0 Å². The van der Waals surface area contributed by atoms with E-state index in [0.29, 0.717) is 12.3 Å². The molecule has 5 heteroatoms. The van der Waals surface area contributed by atoms with Crippen molar-refractivity contribution in [1.29, 1.82) is 0 Å². The van der Waals surface area contributed by atoms with Crippen LogP contribution in [0.4, 0.5) is 0 Å². The Hall–Kier alpha value is -2.95. The van der Waals surface area contributed by atoms with Crippen LogP contribution in [0, 0.1) is 19.8 Å². The van der Waals surface area contributed by atoms with Crippen molar-refractivity contribution in [3.8, 4) is 11.3 Å². The number of pyridine rings is 1. The number of carbonyl (C=O) groups excluding carboxylic acids is 1. The first kappa shape index (κ1) is 19.4. The molecular formula is C24H27N3O2. The zero-order valence-corrected chi connectivity index (χ0v) is 17.1. The molecule has 1 aliphatic heterocycles. The van der Waals surface area contributed by atoms with Gasteiger partial charge in [-0.05, 0) is 56.7 Å². The van der Waals surface area contributed by atoms with Gasteiger partial charge in [-0.15, -0.1) is 0 Å². The molecule has 4 rings (SSSR count). The van der Waals surface area contributed by atoms with Crippen molar-refractivity contribution in [2.75, 3.05) is 13.1 Å². The van der Waals surface area contributed by atoms with Crippen LogP contribution in [0.3, 0.4) is 0 Å². The molecule has 5 nitrogen and oxygen atoms in total. The van der Waals surface area contributed by atoms with Crippen LogP contribution in [0.15, 0.2) is 53.1 Å². The summed E-state index contributed by atoms with van der Waals surface area (Å²) < 4.78 is 5.28. The molecule has 2 aromatic heterocycles. The van der Waals surface area contributed by atoms with Gasteiger partial charge in [-0.1, -0.05) is 41.6 Å². The van der Waals surface area contributed by atoms with Crippen LogP contribution >= 0.6 is 0 Å². The highest BCUT2D eigenvalue weighted by Gasteiger charge is 2.26. The van der Waals surface area contributed by atoms with Gasteiger partial charge in [-0.2, -0.15) is 0 Å². The Bertz CT molecular complexity index is 961. The van der Waals surface area contributed by atoms with Crippen LogP contribution in [0.25, 0.3) is 11.3 Å². The summed E-state index contributed by atoms with van der Waals surface area (Å²) >= 11 is 0. The summed E-state index contributed by atoms with van der Waals surface area (Å²) in [7, 11) is 0. The number of hydrogen-bond donors (Lipinski definition) is 0. The van der Waals surface area contributed by atoms with E-state index >= 15 is 0 Å². The first-order valence-electron chi connectivity index (χ1n) is 10.3. The lowest BCUT2D eigenvalue weighted by atomic mass is 10.0. The van der Waals surface area contributed by atoms with Crippen LogP contribution in [0.1, 0.15) is 35.6 Å². The number of aryl methyl sites for hydroxylation is 3. The normalized spacial score (nSPS) is 16.3. The molecule has 0 bridgehead atoms. The van der Waals surface area contributed by atoms with E-state index in [4.69, 9.17) is 9.51 Å². The number of nitrogens with zero attached hydrogens (tertiary/aromatic N) is 3. The minimum atomic E-state index is 0.258. The highest BCUT2D eigenvalue weighted by molar-refractivity contribution is 5.76. The molecular weight excluding hydrogens is 362 g/mol. The highest BCUT2D eigenvalue weighted by Crippen LogP contribution is 2.27. The molecule has 1 amide bonds. The number of hydrogen-bond acceptors (Lipinski definition) is 4. The van der Waals surface area contributed by atoms with Gasteiger partial charge >= 0.3 is 0 Å². The minimum absolute atomic E-state index is 0.258. The van der Waals surface area contributed by atoms with E-state index in [9.17, 15) is 4.79 Å². The smallest absolute Gasteiger partial charge is 0.222 e. The van der Waals surface area contributed by atoms with Crippen molar-refractivity contribution in [2.45, 2.75) is 39.5 Å². The zero-order valence-electron chi connectivity index (χ0n) is 17.1. The maximum atomic E-state index is 12.6. The SMILES string of the molecule is Cc1noc(C)c1-c1cccc(CC2CCN(C(=O)CCc3ccccc3)C2)n1. The Morgan fingerprint density at radius 1 is 1.14 bits per heavy atom. The summed E-state index contributed by atoms with van der Waals surface area (Å²) in [6.45, 7) is 5.53. The van der Waals surface area contributed by atoms with E-state index < -0.39 is 0 Å². The fourth-order valence-electron chi connectivity index (χ4n) is 4.16. The molecule has 0 spiro atoms. The molecule has 3 heterocycles. The predicted octanol–water partition coefficient (Wildman–Crippen LogP) is 4.38. The average Bonchev–Trinajstić information content (AvgIpc) is 3.33. The monoisotopic (exact) mass is 389 g/mol. The van der Waals surface area contributed by atoms with Crippen LogP contribution < -0.4 is 0 Å². The minimum Gasteiger partial charge on any atom is -0.361 e. The summed E-state index contributed by atoms with van der Waals surface area (Å²) in [5.74, 6) is 1.51. The van der Waals surface area contributed by atoms with E-state index in [2.05, 4.69) is 23.4 Å². The molecule has 1 atom stereocenters. The Morgan fingerprint density at radius 2 is 1.97 bits per heavy atom. The fourth-order valence-corrected chi connectivity index (χ4v) is 4.16. The number of rotatable bonds is 6. The molecule has 1 aliphatic rings. The van der Waals surface area contributed by atoms with Gasteiger partial charge in [0, 0.05) is 25.2 Å². The molecule has 29 heavy (non-hydrogen) atoms. The third kappa shape index (κ3) is 4.56. The second kappa shape index (κ2) is 8.60. The van der Waals surface area contributed by atoms with E-state index in [1.165, 1.54) is 5.56 Å². The number of carbonyl (C=O) groups is 1. The van der Waals surface area contributed by atoms with Gasteiger partial charge in [-0.3, -0.25) is 9.78 Å². The van der Waals surface area contributed by atoms with E-state index in [-0.39, 0.29) is 5.91 Å². The third-order valence-electron chi connectivity index (χ3n) is 5.70. The third-order valence-corrected chi connectivity index (χ3v) is 5.70. The zero-order chi connectivity index (χ0) is 20.2. The van der Waals surface area contributed by atoms with Crippen LogP contribution in [-0.2, 0) is 17.6 Å². The van der Waals surface area contributed by atoms with E-state index in [0.717, 1.165) is 60.8 Å². The lowest BCUT2D eigenvalue weighted by molar-refractivity contribution is -0.130. The standard InChI is InChI=1S/C24H27N3O2/c1-17-24(18(2)29-26-17)22-10-6-9-21(25-22)15-20-13-14-27(16-20)23(28)12-11-19-7-4-3-5-8-19/h3-10,20H,11-16H2,1-2H3. The largest absolute Gasteiger partial charge is 0.361 e. The van der Waals surface area contributed by atoms with Gasteiger partial charge in [0.2, 0.25) is 5.91 Å². The van der Waals surface area contributed by atoms with Crippen LogP contribution in [0.2, 0.25) is 0 Å².